The van der Waals surface area contributed by atoms with Crippen LogP contribution >= 0.6 is 11.6 Å². The van der Waals surface area contributed by atoms with Gasteiger partial charge in [-0.05, 0) is 42.8 Å². The number of nitrogens with zero attached hydrogens (tertiary/aromatic N) is 1. The van der Waals surface area contributed by atoms with E-state index in [9.17, 15) is 18.0 Å². The van der Waals surface area contributed by atoms with Gasteiger partial charge in [0.15, 0.2) is 9.84 Å². The molecule has 2 atom stereocenters. The summed E-state index contributed by atoms with van der Waals surface area (Å²) >= 11 is 6.06. The van der Waals surface area contributed by atoms with Crippen molar-refractivity contribution >= 4 is 38.9 Å². The number of sulfone groups is 1. The number of benzene rings is 2. The Bertz CT molecular complexity index is 1070. The first-order valence-electron chi connectivity index (χ1n) is 9.34. The Balaban J connectivity index is 1.69. The summed E-state index contributed by atoms with van der Waals surface area (Å²) in [7, 11) is -1.77. The van der Waals surface area contributed by atoms with Crippen molar-refractivity contribution in [2.24, 2.45) is 5.92 Å². The highest BCUT2D eigenvalue weighted by atomic mass is 35.5. The van der Waals surface area contributed by atoms with Crippen molar-refractivity contribution in [1.29, 1.82) is 0 Å². The average Bonchev–Trinajstić information content (AvgIpc) is 3.09. The van der Waals surface area contributed by atoms with E-state index in [1.807, 2.05) is 6.92 Å². The first-order chi connectivity index (χ1) is 14.1. The van der Waals surface area contributed by atoms with Crippen molar-refractivity contribution in [2.45, 2.75) is 24.3 Å². The van der Waals surface area contributed by atoms with Gasteiger partial charge in [-0.1, -0.05) is 23.7 Å². The number of halogens is 1. The molecule has 0 saturated carbocycles. The lowest BCUT2D eigenvalue weighted by atomic mass is 10.1. The van der Waals surface area contributed by atoms with Crippen molar-refractivity contribution in [2.75, 3.05) is 24.8 Å². The second-order valence-electron chi connectivity index (χ2n) is 7.29. The van der Waals surface area contributed by atoms with E-state index in [2.05, 4.69) is 5.32 Å². The lowest BCUT2D eigenvalue weighted by Gasteiger charge is -2.20. The van der Waals surface area contributed by atoms with Gasteiger partial charge in [0.05, 0.1) is 29.7 Å². The quantitative estimate of drug-likeness (QED) is 0.730. The molecule has 0 bridgehead atoms. The van der Waals surface area contributed by atoms with Crippen LogP contribution in [0.2, 0.25) is 5.02 Å². The van der Waals surface area contributed by atoms with E-state index < -0.39 is 15.8 Å². The van der Waals surface area contributed by atoms with Crippen molar-refractivity contribution in [3.8, 4) is 5.75 Å². The Labute approximate surface area is 180 Å². The van der Waals surface area contributed by atoms with Gasteiger partial charge in [0.25, 0.3) is 0 Å². The number of carbonyl (C=O) groups is 2. The van der Waals surface area contributed by atoms with Crippen LogP contribution in [0.15, 0.2) is 47.4 Å². The van der Waals surface area contributed by atoms with Crippen molar-refractivity contribution in [3.05, 3.63) is 53.1 Å². The number of carbonyl (C=O) groups excluding carboxylic acids is 2. The Morgan fingerprint density at radius 3 is 2.50 bits per heavy atom. The Hall–Kier alpha value is -2.58. The summed E-state index contributed by atoms with van der Waals surface area (Å²) in [5.74, 6) is -0.431. The molecule has 0 unspecified atom stereocenters. The molecule has 3 rings (SSSR count). The van der Waals surface area contributed by atoms with Gasteiger partial charge < -0.3 is 15.0 Å². The highest BCUT2D eigenvalue weighted by Crippen LogP contribution is 2.35. The monoisotopic (exact) mass is 450 g/mol. The minimum atomic E-state index is -3.28. The van der Waals surface area contributed by atoms with E-state index in [-0.39, 0.29) is 35.7 Å². The van der Waals surface area contributed by atoms with E-state index in [0.29, 0.717) is 16.5 Å². The van der Waals surface area contributed by atoms with Crippen LogP contribution in [0.1, 0.15) is 24.9 Å². The summed E-state index contributed by atoms with van der Waals surface area (Å²) in [5.41, 5.74) is 1.31. The molecule has 0 aromatic heterocycles. The number of anilines is 1. The number of nitrogens with one attached hydrogen (secondary N) is 1. The zero-order chi connectivity index (χ0) is 22.1. The number of amides is 2. The summed E-state index contributed by atoms with van der Waals surface area (Å²) in [6, 6.07) is 11.0. The highest BCUT2D eigenvalue weighted by molar-refractivity contribution is 7.90. The molecule has 30 heavy (non-hydrogen) atoms. The van der Waals surface area contributed by atoms with E-state index >= 15 is 0 Å². The SMILES string of the molecule is COc1ccc(Cl)cc1N1C[C@@H](C(=O)N[C@@H](C)c2ccc(S(C)(=O)=O)cc2)CC1=O. The zero-order valence-electron chi connectivity index (χ0n) is 16.9. The maximum absolute atomic E-state index is 12.8. The van der Waals surface area contributed by atoms with Crippen LogP contribution in [0.4, 0.5) is 5.69 Å². The highest BCUT2D eigenvalue weighted by Gasteiger charge is 2.36. The van der Waals surface area contributed by atoms with Gasteiger partial charge in [-0.2, -0.15) is 0 Å². The van der Waals surface area contributed by atoms with Crippen molar-refractivity contribution < 1.29 is 22.7 Å². The minimum Gasteiger partial charge on any atom is -0.495 e. The predicted octanol–water partition coefficient (Wildman–Crippen LogP) is 2.98. The first kappa shape index (κ1) is 22.1. The molecule has 1 aliphatic heterocycles. The second kappa shape index (κ2) is 8.65. The van der Waals surface area contributed by atoms with Crippen LogP contribution in [0, 0.1) is 5.92 Å². The van der Waals surface area contributed by atoms with Crippen LogP contribution in [0.25, 0.3) is 0 Å². The zero-order valence-corrected chi connectivity index (χ0v) is 18.5. The van der Waals surface area contributed by atoms with Gasteiger partial charge in [0, 0.05) is 24.2 Å². The van der Waals surface area contributed by atoms with E-state index in [1.165, 1.54) is 24.1 Å². The molecule has 0 spiro atoms. The van der Waals surface area contributed by atoms with Crippen LogP contribution in [-0.2, 0) is 19.4 Å². The molecule has 1 fully saturated rings. The maximum Gasteiger partial charge on any atom is 0.227 e. The summed E-state index contributed by atoms with van der Waals surface area (Å²) in [6.07, 6.45) is 1.23. The Morgan fingerprint density at radius 2 is 1.90 bits per heavy atom. The molecule has 1 saturated heterocycles. The Kier molecular flexibility index (Phi) is 6.38. The molecule has 2 aromatic rings. The van der Waals surface area contributed by atoms with E-state index in [0.717, 1.165) is 11.8 Å². The molecule has 0 radical (unpaired) electrons. The summed E-state index contributed by atoms with van der Waals surface area (Å²) in [5, 5.41) is 3.37. The third kappa shape index (κ3) is 4.76. The topological polar surface area (TPSA) is 92.8 Å². The summed E-state index contributed by atoms with van der Waals surface area (Å²) < 4.78 is 28.5. The third-order valence-corrected chi connectivity index (χ3v) is 6.46. The minimum absolute atomic E-state index is 0.0846. The molecule has 0 aliphatic carbocycles. The normalized spacial score (nSPS) is 17.7. The molecule has 1 heterocycles. The number of ether oxygens (including phenoxy) is 1. The summed E-state index contributed by atoms with van der Waals surface area (Å²) in [4.78, 5) is 27.0. The third-order valence-electron chi connectivity index (χ3n) is 5.09. The predicted molar refractivity (Wildman–Crippen MR) is 115 cm³/mol. The second-order valence-corrected chi connectivity index (χ2v) is 9.75. The molecule has 1 aliphatic rings. The fourth-order valence-corrected chi connectivity index (χ4v) is 4.21. The fourth-order valence-electron chi connectivity index (χ4n) is 3.41. The molecule has 2 amide bonds. The van der Waals surface area contributed by atoms with E-state index in [4.69, 9.17) is 16.3 Å². The van der Waals surface area contributed by atoms with Crippen LogP contribution in [-0.4, -0.2) is 40.1 Å². The van der Waals surface area contributed by atoms with Crippen molar-refractivity contribution in [1.82, 2.24) is 5.32 Å². The first-order valence-corrected chi connectivity index (χ1v) is 11.6. The van der Waals surface area contributed by atoms with E-state index in [1.54, 1.807) is 30.3 Å². The van der Waals surface area contributed by atoms with Gasteiger partial charge in [0.1, 0.15) is 5.75 Å². The standard InChI is InChI=1S/C21H23ClN2O5S/c1-13(14-4-7-17(8-5-14)30(3,27)28)23-21(26)15-10-20(25)24(12-15)18-11-16(22)6-9-19(18)29-2/h4-9,11,13,15H,10,12H2,1-3H3,(H,23,26)/t13-,15-/m0/s1. The summed E-state index contributed by atoms with van der Waals surface area (Å²) in [6.45, 7) is 2.03. The lowest BCUT2D eigenvalue weighted by molar-refractivity contribution is -0.126. The molecule has 160 valence electrons. The lowest BCUT2D eigenvalue weighted by Crippen LogP contribution is -2.34. The average molecular weight is 451 g/mol. The molecule has 9 heteroatoms. The number of hydrogen-bond donors (Lipinski definition) is 1. The molecule has 2 aromatic carbocycles. The van der Waals surface area contributed by atoms with Crippen molar-refractivity contribution in [3.63, 3.8) is 0 Å². The van der Waals surface area contributed by atoms with Gasteiger partial charge >= 0.3 is 0 Å². The molecule has 1 N–H and O–H groups in total. The number of methoxy groups -OCH3 is 1. The number of rotatable bonds is 6. The van der Waals surface area contributed by atoms with Crippen LogP contribution in [0.5, 0.6) is 5.75 Å². The van der Waals surface area contributed by atoms with Crippen LogP contribution in [0.3, 0.4) is 0 Å². The molecular formula is C21H23ClN2O5S. The number of hydrogen-bond acceptors (Lipinski definition) is 5. The maximum atomic E-state index is 12.8. The van der Waals surface area contributed by atoms with Gasteiger partial charge in [0.2, 0.25) is 11.8 Å². The smallest absolute Gasteiger partial charge is 0.227 e. The molecule has 7 nitrogen and oxygen atoms in total. The van der Waals surface area contributed by atoms with Gasteiger partial charge in [-0.3, -0.25) is 9.59 Å². The van der Waals surface area contributed by atoms with Gasteiger partial charge in [-0.15, -0.1) is 0 Å². The van der Waals surface area contributed by atoms with Crippen LogP contribution < -0.4 is 15.0 Å². The van der Waals surface area contributed by atoms with Gasteiger partial charge in [-0.25, -0.2) is 8.42 Å². The fraction of sp³-hybridized carbons (Fsp3) is 0.333. The Morgan fingerprint density at radius 1 is 1.23 bits per heavy atom. The molecular weight excluding hydrogens is 428 g/mol. The largest absolute Gasteiger partial charge is 0.495 e.